The molecule has 0 unspecified atom stereocenters. The molecule has 6 rings (SSSR count). The van der Waals surface area contributed by atoms with Crippen molar-refractivity contribution in [2.24, 2.45) is 0 Å². The summed E-state index contributed by atoms with van der Waals surface area (Å²) in [5.74, 6) is -0.746. The molecule has 12 heteroatoms. The van der Waals surface area contributed by atoms with Crippen LogP contribution in [0.4, 0.5) is 10.2 Å². The molecule has 2 atom stereocenters. The van der Waals surface area contributed by atoms with Crippen LogP contribution in [0, 0.1) is 11.3 Å². The van der Waals surface area contributed by atoms with Gasteiger partial charge in [-0.2, -0.15) is 15.2 Å². The maximum Gasteiger partial charge on any atom is 0.317 e. The Morgan fingerprint density at radius 3 is 2.98 bits per heavy atom. The van der Waals surface area contributed by atoms with E-state index in [1.807, 2.05) is 18.2 Å². The molecule has 1 amide bonds. The molecule has 3 aromatic rings. The van der Waals surface area contributed by atoms with Crippen LogP contribution in [0.25, 0.3) is 16.8 Å². The van der Waals surface area contributed by atoms with Crippen LogP contribution in [0.15, 0.2) is 40.8 Å². The van der Waals surface area contributed by atoms with E-state index in [4.69, 9.17) is 20.0 Å². The second kappa shape index (κ2) is 12.9. The highest BCUT2D eigenvalue weighted by atomic mass is 79.9. The second-order valence-corrected chi connectivity index (χ2v) is 12.2. The number of anilines is 1. The first-order valence-corrected chi connectivity index (χ1v) is 15.5. The lowest BCUT2D eigenvalue weighted by Crippen LogP contribution is -2.52. The zero-order valence-corrected chi connectivity index (χ0v) is 25.7. The number of amides is 1. The van der Waals surface area contributed by atoms with Gasteiger partial charge in [-0.15, -0.1) is 0 Å². The largest absolute Gasteiger partial charge is 0.462 e. The third kappa shape index (κ3) is 6.34. The molecule has 2 fully saturated rings. The van der Waals surface area contributed by atoms with Gasteiger partial charge in [-0.05, 0) is 50.4 Å². The molecule has 5 heterocycles. The Kier molecular flexibility index (Phi) is 8.83. The molecule has 0 saturated carbocycles. The van der Waals surface area contributed by atoms with Crippen LogP contribution < -0.4 is 15.0 Å². The number of carbonyl (C=O) groups is 1. The normalized spacial score (nSPS) is 21.1. The van der Waals surface area contributed by atoms with Crippen LogP contribution in [-0.2, 0) is 17.8 Å². The maximum absolute atomic E-state index is 15.6. The lowest BCUT2D eigenvalue weighted by Gasteiger charge is -2.32. The lowest BCUT2D eigenvalue weighted by atomic mass is 10.0. The standard InChI is InChI=1S/C31H34BrFN8O2/c1-39-13-3-5-22(39)19-43-31-37-26(16-25(33)30(42)41-15-12-35-21(17-41)7-10-34)23-9-14-40(18-27(23)38-31)29-28-20(8-11-36-29)4-2-6-24(28)32/h2,4,6,8,11,16,21-22,35H,3,5,7,9,12-15,17-19H2,1H3/t21-,22-/m0/s1. The highest BCUT2D eigenvalue weighted by molar-refractivity contribution is 9.10. The number of benzene rings is 1. The zero-order valence-electron chi connectivity index (χ0n) is 24.1. The Balaban J connectivity index is 1.31. The van der Waals surface area contributed by atoms with Gasteiger partial charge >= 0.3 is 6.01 Å². The number of nitrogens with zero attached hydrogens (tertiary/aromatic N) is 7. The van der Waals surface area contributed by atoms with E-state index in [1.165, 1.54) is 11.0 Å². The lowest BCUT2D eigenvalue weighted by molar-refractivity contribution is -0.129. The number of carbonyl (C=O) groups excluding carboxylic acids is 1. The maximum atomic E-state index is 15.6. The molecular weight excluding hydrogens is 615 g/mol. The Labute approximate surface area is 258 Å². The fourth-order valence-electron chi connectivity index (χ4n) is 6.16. The minimum Gasteiger partial charge on any atom is -0.462 e. The van der Waals surface area contributed by atoms with Crippen LogP contribution in [-0.4, -0.2) is 89.1 Å². The van der Waals surface area contributed by atoms with Crippen LogP contribution in [0.2, 0.25) is 0 Å². The Morgan fingerprint density at radius 1 is 1.28 bits per heavy atom. The topological polar surface area (TPSA) is 111 Å². The van der Waals surface area contributed by atoms with E-state index in [9.17, 15) is 4.79 Å². The summed E-state index contributed by atoms with van der Waals surface area (Å²) in [6.07, 6.45) is 5.98. The number of piperazine rings is 1. The average molecular weight is 650 g/mol. The number of hydrogen-bond donors (Lipinski definition) is 1. The summed E-state index contributed by atoms with van der Waals surface area (Å²) in [4.78, 5) is 33.1. The van der Waals surface area contributed by atoms with Gasteiger partial charge in [-0.25, -0.2) is 9.37 Å². The van der Waals surface area contributed by atoms with Gasteiger partial charge < -0.3 is 24.8 Å². The van der Waals surface area contributed by atoms with E-state index in [0.717, 1.165) is 51.7 Å². The third-order valence-corrected chi connectivity index (χ3v) is 9.18. The number of pyridine rings is 1. The van der Waals surface area contributed by atoms with E-state index >= 15 is 4.39 Å². The highest BCUT2D eigenvalue weighted by Crippen LogP contribution is 2.34. The Hall–Kier alpha value is -3.66. The molecule has 0 radical (unpaired) electrons. The van der Waals surface area contributed by atoms with Crippen LogP contribution in [0.1, 0.15) is 36.2 Å². The molecule has 0 aliphatic carbocycles. The predicted octanol–water partition coefficient (Wildman–Crippen LogP) is 3.85. The predicted molar refractivity (Wildman–Crippen MR) is 165 cm³/mol. The number of aromatic nitrogens is 3. The number of rotatable bonds is 7. The van der Waals surface area contributed by atoms with Crippen LogP contribution in [0.5, 0.6) is 6.01 Å². The number of likely N-dealkylation sites (N-methyl/N-ethyl adjacent to an activating group) is 1. The molecule has 3 aliphatic rings. The summed E-state index contributed by atoms with van der Waals surface area (Å²) in [5.41, 5.74) is 1.89. The summed E-state index contributed by atoms with van der Waals surface area (Å²) in [5, 5.41) is 14.4. The van der Waals surface area contributed by atoms with Crippen molar-refractivity contribution < 1.29 is 13.9 Å². The first-order chi connectivity index (χ1) is 20.9. The summed E-state index contributed by atoms with van der Waals surface area (Å²) in [6.45, 7) is 3.68. The Morgan fingerprint density at radius 2 is 2.16 bits per heavy atom. The van der Waals surface area contributed by atoms with E-state index in [1.54, 1.807) is 6.20 Å². The average Bonchev–Trinajstić information content (AvgIpc) is 3.43. The summed E-state index contributed by atoms with van der Waals surface area (Å²) >= 11 is 3.69. The van der Waals surface area contributed by atoms with Crippen molar-refractivity contribution >= 4 is 44.5 Å². The van der Waals surface area contributed by atoms with Crippen LogP contribution in [0.3, 0.4) is 0 Å². The van der Waals surface area contributed by atoms with Gasteiger partial charge in [0.25, 0.3) is 5.91 Å². The van der Waals surface area contributed by atoms with E-state index in [0.29, 0.717) is 44.9 Å². The molecule has 224 valence electrons. The summed E-state index contributed by atoms with van der Waals surface area (Å²) in [6, 6.07) is 10.4. The van der Waals surface area contributed by atoms with Crippen molar-refractivity contribution in [2.45, 2.75) is 44.3 Å². The van der Waals surface area contributed by atoms with Gasteiger partial charge in [0.2, 0.25) is 0 Å². The van der Waals surface area contributed by atoms with Gasteiger partial charge in [0, 0.05) is 66.0 Å². The monoisotopic (exact) mass is 648 g/mol. The summed E-state index contributed by atoms with van der Waals surface area (Å²) < 4.78 is 22.6. The minimum absolute atomic E-state index is 0.176. The molecule has 0 spiro atoms. The summed E-state index contributed by atoms with van der Waals surface area (Å²) in [7, 11) is 2.08. The first kappa shape index (κ1) is 29.4. The second-order valence-electron chi connectivity index (χ2n) is 11.3. The molecule has 1 aromatic carbocycles. The Bertz CT molecular complexity index is 1590. The molecule has 3 aliphatic heterocycles. The number of hydrogen-bond acceptors (Lipinski definition) is 9. The van der Waals surface area contributed by atoms with Gasteiger partial charge in [-0.3, -0.25) is 4.79 Å². The SMILES string of the molecule is CN1CCC[C@H]1COc1nc(C=C(F)C(=O)N2CCN[C@@H](CC#N)C2)c2c(n1)CN(c1nccc3cccc(Br)c13)CC2. The van der Waals surface area contributed by atoms with E-state index < -0.39 is 11.7 Å². The van der Waals surface area contributed by atoms with Gasteiger partial charge in [-0.1, -0.05) is 28.1 Å². The van der Waals surface area contributed by atoms with Gasteiger partial charge in [0.05, 0.1) is 30.4 Å². The van der Waals surface area contributed by atoms with E-state index in [2.05, 4.69) is 55.2 Å². The van der Waals surface area contributed by atoms with Crippen molar-refractivity contribution in [3.8, 4) is 12.1 Å². The van der Waals surface area contributed by atoms with Crippen molar-refractivity contribution in [3.63, 3.8) is 0 Å². The number of ether oxygens (including phenoxy) is 1. The molecular formula is C31H34BrFN8O2. The number of nitriles is 1. The third-order valence-electron chi connectivity index (χ3n) is 8.52. The fourth-order valence-corrected chi connectivity index (χ4v) is 6.72. The fraction of sp³-hybridized carbons (Fsp3) is 0.452. The van der Waals surface area contributed by atoms with Crippen molar-refractivity contribution in [2.75, 3.05) is 51.3 Å². The molecule has 2 saturated heterocycles. The van der Waals surface area contributed by atoms with Crippen molar-refractivity contribution in [1.29, 1.82) is 5.26 Å². The number of fused-ring (bicyclic) bond motifs is 2. The molecule has 0 bridgehead atoms. The smallest absolute Gasteiger partial charge is 0.317 e. The number of likely N-dealkylation sites (tertiary alicyclic amines) is 1. The van der Waals surface area contributed by atoms with Gasteiger partial charge in [0.1, 0.15) is 12.4 Å². The van der Waals surface area contributed by atoms with E-state index in [-0.39, 0.29) is 31.1 Å². The van der Waals surface area contributed by atoms with Gasteiger partial charge in [0.15, 0.2) is 5.83 Å². The first-order valence-electron chi connectivity index (χ1n) is 14.7. The van der Waals surface area contributed by atoms with Crippen molar-refractivity contribution in [1.82, 2.24) is 30.1 Å². The molecule has 43 heavy (non-hydrogen) atoms. The molecule has 10 nitrogen and oxygen atoms in total. The quantitative estimate of drug-likeness (QED) is 0.382. The highest BCUT2D eigenvalue weighted by Gasteiger charge is 2.29. The number of nitrogens with one attached hydrogen (secondary N) is 1. The molecule has 1 N–H and O–H groups in total. The minimum atomic E-state index is -0.887. The van der Waals surface area contributed by atoms with Crippen LogP contribution >= 0.6 is 15.9 Å². The zero-order chi connectivity index (χ0) is 29.9. The number of halogens is 2. The molecule has 2 aromatic heterocycles. The van der Waals surface area contributed by atoms with Crippen molar-refractivity contribution in [3.05, 3.63) is 57.7 Å².